The number of nitrogen functional groups attached to an aromatic ring is 1. The molecule has 1 aromatic carbocycles. The summed E-state index contributed by atoms with van der Waals surface area (Å²) in [4.78, 5) is 4.03. The molecule has 0 bridgehead atoms. The standard InChI is InChI=1S/C11H14N4OS/c1-2-16-9-5-3-4-8(6-9)7-13-11-14-10(12)15-17-11/h3-6H,2,7H2,1H3,(H3,12,13,14,15). The Morgan fingerprint density at radius 1 is 1.47 bits per heavy atom. The normalized spacial score (nSPS) is 10.2. The van der Waals surface area contributed by atoms with E-state index in [0.29, 0.717) is 19.1 Å². The van der Waals surface area contributed by atoms with Gasteiger partial charge < -0.3 is 15.8 Å². The number of anilines is 2. The molecule has 1 aromatic heterocycles. The van der Waals surface area contributed by atoms with E-state index in [-0.39, 0.29) is 0 Å². The van der Waals surface area contributed by atoms with Crippen LogP contribution in [0.3, 0.4) is 0 Å². The molecule has 2 rings (SSSR count). The summed E-state index contributed by atoms with van der Waals surface area (Å²) in [5, 5.41) is 3.89. The number of benzene rings is 1. The summed E-state index contributed by atoms with van der Waals surface area (Å²) in [6, 6.07) is 7.94. The van der Waals surface area contributed by atoms with Gasteiger partial charge in [0.05, 0.1) is 6.61 Å². The van der Waals surface area contributed by atoms with Crippen molar-refractivity contribution in [1.82, 2.24) is 9.36 Å². The van der Waals surface area contributed by atoms with Crippen molar-refractivity contribution < 1.29 is 4.74 Å². The van der Waals surface area contributed by atoms with Crippen molar-refractivity contribution in [2.24, 2.45) is 0 Å². The van der Waals surface area contributed by atoms with Crippen LogP contribution in [0.1, 0.15) is 12.5 Å². The van der Waals surface area contributed by atoms with Crippen molar-refractivity contribution in [2.45, 2.75) is 13.5 Å². The second-order valence-electron chi connectivity index (χ2n) is 3.39. The summed E-state index contributed by atoms with van der Waals surface area (Å²) >= 11 is 1.25. The van der Waals surface area contributed by atoms with Crippen LogP contribution in [0.2, 0.25) is 0 Å². The SMILES string of the molecule is CCOc1cccc(CNc2nc(N)ns2)c1. The van der Waals surface area contributed by atoms with Gasteiger partial charge in [0.25, 0.3) is 0 Å². The molecule has 0 aliphatic carbocycles. The van der Waals surface area contributed by atoms with Crippen LogP contribution in [0.4, 0.5) is 11.1 Å². The lowest BCUT2D eigenvalue weighted by Gasteiger charge is -2.06. The summed E-state index contributed by atoms with van der Waals surface area (Å²) in [6.07, 6.45) is 0. The van der Waals surface area contributed by atoms with E-state index in [2.05, 4.69) is 14.7 Å². The first-order valence-corrected chi connectivity index (χ1v) is 6.10. The number of nitrogens with two attached hydrogens (primary N) is 1. The fourth-order valence-corrected chi connectivity index (χ4v) is 1.89. The fourth-order valence-electron chi connectivity index (χ4n) is 1.40. The summed E-state index contributed by atoms with van der Waals surface area (Å²) in [5.74, 6) is 1.18. The Labute approximate surface area is 104 Å². The average Bonchev–Trinajstić information content (AvgIpc) is 2.74. The van der Waals surface area contributed by atoms with E-state index in [1.54, 1.807) is 0 Å². The molecule has 0 amide bonds. The highest BCUT2D eigenvalue weighted by Gasteiger charge is 2.01. The molecule has 0 spiro atoms. The van der Waals surface area contributed by atoms with Crippen LogP contribution in [-0.4, -0.2) is 16.0 Å². The monoisotopic (exact) mass is 250 g/mol. The van der Waals surface area contributed by atoms with Crippen LogP contribution in [0.15, 0.2) is 24.3 Å². The van der Waals surface area contributed by atoms with Gasteiger partial charge in [-0.1, -0.05) is 12.1 Å². The van der Waals surface area contributed by atoms with E-state index in [9.17, 15) is 0 Å². The maximum Gasteiger partial charge on any atom is 0.233 e. The van der Waals surface area contributed by atoms with Gasteiger partial charge in [-0.3, -0.25) is 0 Å². The molecule has 0 radical (unpaired) electrons. The maximum atomic E-state index is 5.44. The van der Waals surface area contributed by atoms with Gasteiger partial charge in [0.2, 0.25) is 11.1 Å². The third-order valence-corrected chi connectivity index (χ3v) is 2.78. The molecule has 90 valence electrons. The summed E-state index contributed by atoms with van der Waals surface area (Å²) < 4.78 is 9.33. The largest absolute Gasteiger partial charge is 0.494 e. The van der Waals surface area contributed by atoms with Crippen LogP contribution in [0.5, 0.6) is 5.75 Å². The molecule has 17 heavy (non-hydrogen) atoms. The molecule has 1 heterocycles. The van der Waals surface area contributed by atoms with Gasteiger partial charge in [-0.15, -0.1) is 0 Å². The van der Waals surface area contributed by atoms with Crippen LogP contribution in [0, 0.1) is 0 Å². The maximum absolute atomic E-state index is 5.44. The number of hydrogen-bond acceptors (Lipinski definition) is 6. The van der Waals surface area contributed by atoms with Gasteiger partial charge in [-0.05, 0) is 24.6 Å². The third-order valence-electron chi connectivity index (χ3n) is 2.09. The highest BCUT2D eigenvalue weighted by atomic mass is 32.1. The number of rotatable bonds is 5. The lowest BCUT2D eigenvalue weighted by molar-refractivity contribution is 0.340. The van der Waals surface area contributed by atoms with E-state index in [1.165, 1.54) is 11.5 Å². The molecule has 0 saturated heterocycles. The van der Waals surface area contributed by atoms with Crippen LogP contribution in [0.25, 0.3) is 0 Å². The lowest BCUT2D eigenvalue weighted by atomic mass is 10.2. The minimum atomic E-state index is 0.306. The number of hydrogen-bond donors (Lipinski definition) is 2. The Balaban J connectivity index is 1.96. The summed E-state index contributed by atoms with van der Waals surface area (Å²) in [5.41, 5.74) is 6.57. The molecule has 5 nitrogen and oxygen atoms in total. The van der Waals surface area contributed by atoms with E-state index in [4.69, 9.17) is 10.5 Å². The van der Waals surface area contributed by atoms with Crippen LogP contribution in [-0.2, 0) is 6.54 Å². The number of aromatic nitrogens is 2. The van der Waals surface area contributed by atoms with Gasteiger partial charge in [0.15, 0.2) is 0 Å². The Kier molecular flexibility index (Phi) is 3.77. The Bertz CT molecular complexity index is 486. The third kappa shape index (κ3) is 3.32. The Hall–Kier alpha value is -1.82. The van der Waals surface area contributed by atoms with Crippen LogP contribution >= 0.6 is 11.5 Å². The molecular weight excluding hydrogens is 236 g/mol. The molecule has 0 unspecified atom stereocenters. The molecule has 0 saturated carbocycles. The minimum Gasteiger partial charge on any atom is -0.494 e. The van der Waals surface area contributed by atoms with Crippen molar-refractivity contribution in [3.05, 3.63) is 29.8 Å². The van der Waals surface area contributed by atoms with E-state index < -0.39 is 0 Å². The molecule has 0 atom stereocenters. The lowest BCUT2D eigenvalue weighted by Crippen LogP contribution is -2.00. The smallest absolute Gasteiger partial charge is 0.233 e. The first-order valence-electron chi connectivity index (χ1n) is 5.32. The van der Waals surface area contributed by atoms with Gasteiger partial charge in [0.1, 0.15) is 5.75 Å². The molecule has 0 aliphatic rings. The van der Waals surface area contributed by atoms with Crippen molar-refractivity contribution in [3.63, 3.8) is 0 Å². The zero-order valence-corrected chi connectivity index (χ0v) is 10.3. The first kappa shape index (κ1) is 11.7. The van der Waals surface area contributed by atoms with Gasteiger partial charge in [-0.25, -0.2) is 0 Å². The van der Waals surface area contributed by atoms with Crippen molar-refractivity contribution in [3.8, 4) is 5.75 Å². The quantitative estimate of drug-likeness (QED) is 0.850. The van der Waals surface area contributed by atoms with Gasteiger partial charge in [-0.2, -0.15) is 9.36 Å². The summed E-state index contributed by atoms with van der Waals surface area (Å²) in [7, 11) is 0. The van der Waals surface area contributed by atoms with E-state index in [1.807, 2.05) is 31.2 Å². The highest BCUT2D eigenvalue weighted by molar-refractivity contribution is 7.09. The molecule has 2 aromatic rings. The molecule has 0 fully saturated rings. The predicted octanol–water partition coefficient (Wildman–Crippen LogP) is 2.13. The zero-order valence-electron chi connectivity index (χ0n) is 9.51. The van der Waals surface area contributed by atoms with E-state index in [0.717, 1.165) is 16.4 Å². The first-order chi connectivity index (χ1) is 8.28. The minimum absolute atomic E-state index is 0.306. The highest BCUT2D eigenvalue weighted by Crippen LogP contribution is 2.16. The second kappa shape index (κ2) is 5.49. The van der Waals surface area contributed by atoms with E-state index >= 15 is 0 Å². The molecule has 6 heteroatoms. The van der Waals surface area contributed by atoms with Crippen molar-refractivity contribution >= 4 is 22.6 Å². The number of nitrogens with one attached hydrogen (secondary N) is 1. The summed E-state index contributed by atoms with van der Waals surface area (Å²) in [6.45, 7) is 3.31. The average molecular weight is 250 g/mol. The molecule has 0 aliphatic heterocycles. The topological polar surface area (TPSA) is 73.1 Å². The zero-order chi connectivity index (χ0) is 12.1. The number of ether oxygens (including phenoxy) is 1. The second-order valence-corrected chi connectivity index (χ2v) is 4.14. The van der Waals surface area contributed by atoms with Crippen molar-refractivity contribution in [2.75, 3.05) is 17.7 Å². The molecular formula is C11H14N4OS. The predicted molar refractivity (Wildman–Crippen MR) is 69.3 cm³/mol. The fraction of sp³-hybridized carbons (Fsp3) is 0.273. The molecule has 3 N–H and O–H groups in total. The Morgan fingerprint density at radius 2 is 2.35 bits per heavy atom. The van der Waals surface area contributed by atoms with Gasteiger partial charge in [0, 0.05) is 18.1 Å². The Morgan fingerprint density at radius 3 is 3.06 bits per heavy atom. The van der Waals surface area contributed by atoms with Crippen LogP contribution < -0.4 is 15.8 Å². The van der Waals surface area contributed by atoms with Crippen molar-refractivity contribution in [1.29, 1.82) is 0 Å². The number of nitrogens with zero attached hydrogens (tertiary/aromatic N) is 2. The van der Waals surface area contributed by atoms with Gasteiger partial charge >= 0.3 is 0 Å².